The van der Waals surface area contributed by atoms with Gasteiger partial charge in [-0.05, 0) is 97.1 Å². The minimum atomic E-state index is -4.78. The van der Waals surface area contributed by atoms with Crippen molar-refractivity contribution in [3.05, 3.63) is 71.5 Å². The molecule has 0 spiro atoms. The van der Waals surface area contributed by atoms with Gasteiger partial charge in [-0.2, -0.15) is 18.3 Å². The Labute approximate surface area is 325 Å². The number of esters is 1. The number of hydrogen-bond acceptors (Lipinski definition) is 12. The van der Waals surface area contributed by atoms with E-state index in [1.165, 1.54) is 55.9 Å². The molecule has 1 aliphatic rings. The number of rotatable bonds is 14. The molecule has 1 saturated heterocycles. The highest BCUT2D eigenvalue weighted by molar-refractivity contribution is 6.04. The van der Waals surface area contributed by atoms with Crippen LogP contribution in [0, 0.1) is 0 Å². The van der Waals surface area contributed by atoms with Crippen molar-refractivity contribution in [3.8, 4) is 17.1 Å². The van der Waals surface area contributed by atoms with Crippen molar-refractivity contribution in [2.24, 2.45) is 0 Å². The topological polar surface area (TPSA) is 197 Å². The van der Waals surface area contributed by atoms with Crippen LogP contribution in [0.4, 0.5) is 29.5 Å². The van der Waals surface area contributed by atoms with Gasteiger partial charge < -0.3 is 33.8 Å². The summed E-state index contributed by atoms with van der Waals surface area (Å²) in [5.41, 5.74) is -0.684. The molecule has 0 saturated carbocycles. The summed E-state index contributed by atoms with van der Waals surface area (Å²) < 4.78 is 69.3. The van der Waals surface area contributed by atoms with E-state index in [0.717, 1.165) is 37.8 Å². The van der Waals surface area contributed by atoms with E-state index >= 15 is 0 Å². The molecule has 4 heterocycles. The molecule has 4 aromatic rings. The van der Waals surface area contributed by atoms with E-state index in [1.807, 2.05) is 0 Å². The van der Waals surface area contributed by atoms with Crippen LogP contribution in [0.5, 0.6) is 0 Å². The van der Waals surface area contributed by atoms with E-state index < -0.39 is 54.2 Å². The molecule has 1 atom stereocenters. The summed E-state index contributed by atoms with van der Waals surface area (Å²) in [5.74, 6) is -3.45. The van der Waals surface area contributed by atoms with Gasteiger partial charge in [0.25, 0.3) is 5.91 Å². The molecule has 16 nitrogen and oxygen atoms in total. The number of amides is 2. The largest absolute Gasteiger partial charge is 0.478 e. The first-order valence-corrected chi connectivity index (χ1v) is 18.1. The number of aryl methyl sites for hydroxylation is 1. The van der Waals surface area contributed by atoms with Crippen LogP contribution in [0.25, 0.3) is 17.1 Å². The number of carbonyl (C=O) groups is 4. The first kappa shape index (κ1) is 42.3. The van der Waals surface area contributed by atoms with Crippen molar-refractivity contribution in [1.82, 2.24) is 19.7 Å². The molecule has 19 heteroatoms. The average molecular weight is 801 g/mol. The van der Waals surface area contributed by atoms with Crippen LogP contribution in [0.1, 0.15) is 97.2 Å². The van der Waals surface area contributed by atoms with Gasteiger partial charge in [0.1, 0.15) is 24.2 Å². The molecule has 0 radical (unpaired) electrons. The Morgan fingerprint density at radius 2 is 1.86 bits per heavy atom. The zero-order valence-corrected chi connectivity index (χ0v) is 31.9. The van der Waals surface area contributed by atoms with Crippen molar-refractivity contribution in [3.63, 3.8) is 0 Å². The van der Waals surface area contributed by atoms with E-state index in [9.17, 15) is 37.5 Å². The summed E-state index contributed by atoms with van der Waals surface area (Å²) in [5, 5.41) is 17.1. The third kappa shape index (κ3) is 11.8. The Bertz CT molecular complexity index is 2070. The lowest BCUT2D eigenvalue weighted by Crippen LogP contribution is -2.42. The van der Waals surface area contributed by atoms with Gasteiger partial charge in [-0.15, -0.1) is 0 Å². The van der Waals surface area contributed by atoms with Gasteiger partial charge in [-0.1, -0.05) is 0 Å². The molecule has 57 heavy (non-hydrogen) atoms. The number of nitrogens with zero attached hydrogens (tertiary/aromatic N) is 5. The highest BCUT2D eigenvalue weighted by atomic mass is 19.4. The minimum absolute atomic E-state index is 0.113. The quantitative estimate of drug-likeness (QED) is 0.0959. The Morgan fingerprint density at radius 3 is 2.53 bits per heavy atom. The Morgan fingerprint density at radius 1 is 1.09 bits per heavy atom. The lowest BCUT2D eigenvalue weighted by Gasteiger charge is -2.27. The summed E-state index contributed by atoms with van der Waals surface area (Å²) in [6.45, 7) is 7.06. The standard InChI is InChI=1S/C38H43F3N6O10/c1-22(2)56-35(51)26-18-24(11-12-25(26)34(49)50)47-19-28(27(45-47)9-8-16-54-31-10-6-7-15-53-31)43-32(48)29-20-55-33(44-29)23-13-14-42-30(17-23)46(21-38(39,40)41)36(52)57-37(3,4)5/h11-14,17-20,22,31H,6-10,15-16,21H2,1-5H3,(H,43,48)(H,49,50). The number of aromatic nitrogens is 4. The van der Waals surface area contributed by atoms with Gasteiger partial charge in [0.05, 0.1) is 47.1 Å². The molecule has 3 aromatic heterocycles. The Kier molecular flexibility index (Phi) is 13.3. The number of carbonyl (C=O) groups excluding carboxylic acids is 3. The summed E-state index contributed by atoms with van der Waals surface area (Å²) in [6.07, 6.45) is 0.350. The fourth-order valence-electron chi connectivity index (χ4n) is 5.57. The molecule has 1 fully saturated rings. The molecular formula is C38H43F3N6O10. The predicted octanol–water partition coefficient (Wildman–Crippen LogP) is 7.22. The molecule has 2 amide bonds. The van der Waals surface area contributed by atoms with Crippen LogP contribution in [0.3, 0.4) is 0 Å². The van der Waals surface area contributed by atoms with Gasteiger partial charge in [-0.3, -0.25) is 9.69 Å². The molecule has 0 aliphatic carbocycles. The normalized spacial score (nSPS) is 14.6. The molecule has 1 aromatic carbocycles. The molecule has 306 valence electrons. The van der Waals surface area contributed by atoms with Crippen LogP contribution in [-0.2, 0) is 25.4 Å². The third-order valence-corrected chi connectivity index (χ3v) is 8.06. The summed E-state index contributed by atoms with van der Waals surface area (Å²) in [6, 6.07) is 6.55. The minimum Gasteiger partial charge on any atom is -0.478 e. The maximum atomic E-state index is 13.6. The average Bonchev–Trinajstić information content (AvgIpc) is 3.79. The van der Waals surface area contributed by atoms with E-state index in [1.54, 1.807) is 13.8 Å². The fourth-order valence-corrected chi connectivity index (χ4v) is 5.57. The molecule has 5 rings (SSSR count). The predicted molar refractivity (Wildman–Crippen MR) is 196 cm³/mol. The number of oxazole rings is 1. The SMILES string of the molecule is CC(C)OC(=O)c1cc(-n2cc(NC(=O)c3coc(-c4ccnc(N(CC(F)(F)F)C(=O)OC(C)(C)C)c4)n3)c(CCCOC3CCCCO3)n2)ccc1C(=O)O. The van der Waals surface area contributed by atoms with Crippen LogP contribution < -0.4 is 10.2 Å². The fraction of sp³-hybridized carbons (Fsp3) is 0.447. The molecule has 2 N–H and O–H groups in total. The van der Waals surface area contributed by atoms with E-state index in [0.29, 0.717) is 42.3 Å². The number of ether oxygens (including phenoxy) is 4. The van der Waals surface area contributed by atoms with Crippen LogP contribution in [0.15, 0.2) is 53.4 Å². The summed E-state index contributed by atoms with van der Waals surface area (Å²) in [4.78, 5) is 59.6. The number of aromatic carboxylic acids is 1. The van der Waals surface area contributed by atoms with Gasteiger partial charge in [-0.25, -0.2) is 29.0 Å². The van der Waals surface area contributed by atoms with E-state index in [2.05, 4.69) is 20.4 Å². The van der Waals surface area contributed by atoms with Crippen molar-refractivity contribution in [1.29, 1.82) is 0 Å². The molecular weight excluding hydrogens is 757 g/mol. The number of pyridine rings is 1. The van der Waals surface area contributed by atoms with Gasteiger partial charge in [0.2, 0.25) is 5.89 Å². The maximum Gasteiger partial charge on any atom is 0.416 e. The number of carboxylic acids is 1. The van der Waals surface area contributed by atoms with Crippen LogP contribution in [-0.4, -0.2) is 92.7 Å². The third-order valence-electron chi connectivity index (χ3n) is 8.06. The summed E-state index contributed by atoms with van der Waals surface area (Å²) >= 11 is 0. The van der Waals surface area contributed by atoms with Crippen molar-refractivity contribution < 1.29 is 60.8 Å². The second-order valence-electron chi connectivity index (χ2n) is 14.3. The van der Waals surface area contributed by atoms with Crippen molar-refractivity contribution >= 4 is 35.4 Å². The smallest absolute Gasteiger partial charge is 0.416 e. The van der Waals surface area contributed by atoms with Crippen molar-refractivity contribution in [2.45, 2.75) is 90.9 Å². The van der Waals surface area contributed by atoms with Gasteiger partial charge >= 0.3 is 24.2 Å². The van der Waals surface area contributed by atoms with E-state index in [4.69, 9.17) is 23.4 Å². The molecule has 1 unspecified atom stereocenters. The molecule has 1 aliphatic heterocycles. The maximum absolute atomic E-state index is 13.6. The second kappa shape index (κ2) is 18.0. The van der Waals surface area contributed by atoms with Crippen LogP contribution >= 0.6 is 0 Å². The first-order valence-electron chi connectivity index (χ1n) is 18.1. The highest BCUT2D eigenvalue weighted by Crippen LogP contribution is 2.28. The number of benzene rings is 1. The van der Waals surface area contributed by atoms with Crippen molar-refractivity contribution in [2.75, 3.05) is 30.0 Å². The number of nitrogens with one attached hydrogen (secondary N) is 1. The van der Waals surface area contributed by atoms with Crippen LogP contribution in [0.2, 0.25) is 0 Å². The lowest BCUT2D eigenvalue weighted by molar-refractivity contribution is -0.162. The van der Waals surface area contributed by atoms with E-state index in [-0.39, 0.29) is 40.3 Å². The van der Waals surface area contributed by atoms with Gasteiger partial charge in [0.15, 0.2) is 12.0 Å². The zero-order chi connectivity index (χ0) is 41.5. The van der Waals surface area contributed by atoms with Gasteiger partial charge in [0, 0.05) is 18.4 Å². The number of alkyl halides is 3. The number of hydrogen-bond donors (Lipinski definition) is 2. The second-order valence-corrected chi connectivity index (χ2v) is 14.3. The highest BCUT2D eigenvalue weighted by Gasteiger charge is 2.37. The monoisotopic (exact) mass is 800 g/mol. The summed E-state index contributed by atoms with van der Waals surface area (Å²) in [7, 11) is 0. The first-order chi connectivity index (χ1) is 26.9. The zero-order valence-electron chi connectivity index (χ0n) is 31.9. The number of carboxylic acid groups (broad SMARTS) is 1. The Hall–Kier alpha value is -5.82. The number of halogens is 3. The Balaban J connectivity index is 1.40. The number of anilines is 2. The molecule has 0 bridgehead atoms. The lowest BCUT2D eigenvalue weighted by atomic mass is 10.1.